The summed E-state index contributed by atoms with van der Waals surface area (Å²) in [6.07, 6.45) is 0.108. The smallest absolute Gasteiger partial charge is 0.308 e. The van der Waals surface area contributed by atoms with Gasteiger partial charge in [-0.25, -0.2) is 0 Å². The van der Waals surface area contributed by atoms with Crippen molar-refractivity contribution in [2.45, 2.75) is 19.4 Å². The molecule has 0 aliphatic rings. The summed E-state index contributed by atoms with van der Waals surface area (Å²) in [7, 11) is 0. The highest BCUT2D eigenvalue weighted by atomic mass is 16.5. The molecule has 0 saturated heterocycles. The van der Waals surface area contributed by atoms with Gasteiger partial charge in [0.05, 0.1) is 19.1 Å². The SMILES string of the molecule is CCOC(=O)CC(NC(=O)c1ccccc1)c1ccccc1. The number of nitrogens with one attached hydrogen (secondary N) is 1. The molecule has 0 bridgehead atoms. The number of esters is 1. The van der Waals surface area contributed by atoms with E-state index in [9.17, 15) is 9.59 Å². The molecule has 0 aliphatic carbocycles. The first-order chi connectivity index (χ1) is 10.7. The van der Waals surface area contributed by atoms with Crippen LogP contribution < -0.4 is 5.32 Å². The topological polar surface area (TPSA) is 55.4 Å². The maximum atomic E-state index is 12.3. The van der Waals surface area contributed by atoms with Crippen LogP contribution in [0.25, 0.3) is 0 Å². The molecular formula is C18H19NO3. The molecule has 0 aliphatic heterocycles. The molecule has 2 rings (SSSR count). The van der Waals surface area contributed by atoms with E-state index in [1.807, 2.05) is 36.4 Å². The Labute approximate surface area is 130 Å². The number of carbonyl (C=O) groups excluding carboxylic acids is 2. The van der Waals surface area contributed by atoms with E-state index in [0.29, 0.717) is 12.2 Å². The Balaban J connectivity index is 2.14. The van der Waals surface area contributed by atoms with Gasteiger partial charge in [0, 0.05) is 5.56 Å². The van der Waals surface area contributed by atoms with Gasteiger partial charge in [0.15, 0.2) is 0 Å². The summed E-state index contributed by atoms with van der Waals surface area (Å²) in [4.78, 5) is 24.1. The molecule has 1 atom stereocenters. The van der Waals surface area contributed by atoms with Crippen molar-refractivity contribution in [2.24, 2.45) is 0 Å². The van der Waals surface area contributed by atoms with Gasteiger partial charge < -0.3 is 10.1 Å². The molecule has 4 nitrogen and oxygen atoms in total. The lowest BCUT2D eigenvalue weighted by atomic mass is 10.0. The van der Waals surface area contributed by atoms with Gasteiger partial charge in [-0.05, 0) is 24.6 Å². The predicted octanol–water partition coefficient (Wildman–Crippen LogP) is 3.11. The van der Waals surface area contributed by atoms with E-state index in [4.69, 9.17) is 4.74 Å². The minimum Gasteiger partial charge on any atom is -0.466 e. The van der Waals surface area contributed by atoms with E-state index in [-0.39, 0.29) is 18.3 Å². The van der Waals surface area contributed by atoms with Crippen LogP contribution >= 0.6 is 0 Å². The van der Waals surface area contributed by atoms with E-state index >= 15 is 0 Å². The quantitative estimate of drug-likeness (QED) is 0.834. The van der Waals surface area contributed by atoms with Gasteiger partial charge in [0.2, 0.25) is 0 Å². The summed E-state index contributed by atoms with van der Waals surface area (Å²) in [6, 6.07) is 17.9. The molecule has 4 heteroatoms. The van der Waals surface area contributed by atoms with Gasteiger partial charge in [-0.15, -0.1) is 0 Å². The van der Waals surface area contributed by atoms with Crippen molar-refractivity contribution in [3.63, 3.8) is 0 Å². The van der Waals surface area contributed by atoms with Crippen LogP contribution in [0.5, 0.6) is 0 Å². The summed E-state index contributed by atoms with van der Waals surface area (Å²) in [6.45, 7) is 2.09. The molecule has 0 aromatic heterocycles. The minimum absolute atomic E-state index is 0.108. The monoisotopic (exact) mass is 297 g/mol. The molecule has 0 saturated carbocycles. The van der Waals surface area contributed by atoms with Gasteiger partial charge >= 0.3 is 5.97 Å². The summed E-state index contributed by atoms with van der Waals surface area (Å²) in [5.74, 6) is -0.538. The molecule has 2 aromatic carbocycles. The van der Waals surface area contributed by atoms with Crippen LogP contribution in [0.1, 0.15) is 35.3 Å². The Hall–Kier alpha value is -2.62. The third-order valence-corrected chi connectivity index (χ3v) is 3.22. The molecule has 0 radical (unpaired) electrons. The van der Waals surface area contributed by atoms with Crippen molar-refractivity contribution >= 4 is 11.9 Å². The normalized spacial score (nSPS) is 11.5. The number of ether oxygens (including phenoxy) is 1. The number of rotatable bonds is 6. The van der Waals surface area contributed by atoms with Gasteiger partial charge in [0.25, 0.3) is 5.91 Å². The van der Waals surface area contributed by atoms with Crippen LogP contribution in [0.2, 0.25) is 0 Å². The third-order valence-electron chi connectivity index (χ3n) is 3.22. The van der Waals surface area contributed by atoms with E-state index in [2.05, 4.69) is 5.32 Å². The van der Waals surface area contributed by atoms with Crippen LogP contribution in [0.3, 0.4) is 0 Å². The second-order valence-corrected chi connectivity index (χ2v) is 4.81. The highest BCUT2D eigenvalue weighted by Gasteiger charge is 2.19. The van der Waals surface area contributed by atoms with Gasteiger partial charge in [0.1, 0.15) is 0 Å². The fourth-order valence-electron chi connectivity index (χ4n) is 2.16. The fourth-order valence-corrected chi connectivity index (χ4v) is 2.16. The highest BCUT2D eigenvalue weighted by molar-refractivity contribution is 5.94. The predicted molar refractivity (Wildman–Crippen MR) is 84.3 cm³/mol. The molecule has 0 fully saturated rings. The van der Waals surface area contributed by atoms with Gasteiger partial charge in [-0.2, -0.15) is 0 Å². The van der Waals surface area contributed by atoms with Crippen molar-refractivity contribution in [3.05, 3.63) is 71.8 Å². The molecular weight excluding hydrogens is 278 g/mol. The molecule has 0 heterocycles. The average Bonchev–Trinajstić information content (AvgIpc) is 2.56. The zero-order valence-corrected chi connectivity index (χ0v) is 12.5. The van der Waals surface area contributed by atoms with Gasteiger partial charge in [-0.3, -0.25) is 9.59 Å². The largest absolute Gasteiger partial charge is 0.466 e. The van der Waals surface area contributed by atoms with Gasteiger partial charge in [-0.1, -0.05) is 48.5 Å². The fraction of sp³-hybridized carbons (Fsp3) is 0.222. The van der Waals surface area contributed by atoms with Crippen LogP contribution in [-0.2, 0) is 9.53 Å². The molecule has 22 heavy (non-hydrogen) atoms. The maximum Gasteiger partial charge on any atom is 0.308 e. The van der Waals surface area contributed by atoms with Crippen molar-refractivity contribution < 1.29 is 14.3 Å². The molecule has 0 spiro atoms. The molecule has 114 valence electrons. The number of benzene rings is 2. The maximum absolute atomic E-state index is 12.3. The molecule has 1 N–H and O–H groups in total. The Bertz CT molecular complexity index is 611. The van der Waals surface area contributed by atoms with E-state index in [0.717, 1.165) is 5.56 Å². The number of hydrogen-bond acceptors (Lipinski definition) is 3. The lowest BCUT2D eigenvalue weighted by Crippen LogP contribution is -2.30. The Morgan fingerprint density at radius 3 is 2.18 bits per heavy atom. The van der Waals surface area contributed by atoms with E-state index in [1.54, 1.807) is 31.2 Å². The summed E-state index contributed by atoms with van der Waals surface area (Å²) in [5.41, 5.74) is 1.44. The number of carbonyl (C=O) groups is 2. The summed E-state index contributed by atoms with van der Waals surface area (Å²) >= 11 is 0. The first-order valence-electron chi connectivity index (χ1n) is 7.27. The van der Waals surface area contributed by atoms with Crippen molar-refractivity contribution in [2.75, 3.05) is 6.61 Å². The van der Waals surface area contributed by atoms with Crippen LogP contribution in [0.4, 0.5) is 0 Å². The first-order valence-corrected chi connectivity index (χ1v) is 7.27. The lowest BCUT2D eigenvalue weighted by Gasteiger charge is -2.18. The van der Waals surface area contributed by atoms with E-state index < -0.39 is 6.04 Å². The van der Waals surface area contributed by atoms with Crippen molar-refractivity contribution in [1.82, 2.24) is 5.32 Å². The van der Waals surface area contributed by atoms with Crippen LogP contribution in [0, 0.1) is 0 Å². The van der Waals surface area contributed by atoms with Crippen LogP contribution in [-0.4, -0.2) is 18.5 Å². The zero-order chi connectivity index (χ0) is 15.8. The third kappa shape index (κ3) is 4.45. The standard InChI is InChI=1S/C18H19NO3/c1-2-22-17(20)13-16(14-9-5-3-6-10-14)19-18(21)15-11-7-4-8-12-15/h3-12,16H,2,13H2,1H3,(H,19,21). The Kier molecular flexibility index (Phi) is 5.72. The second kappa shape index (κ2) is 7.98. The van der Waals surface area contributed by atoms with E-state index in [1.165, 1.54) is 0 Å². The Morgan fingerprint density at radius 1 is 1.00 bits per heavy atom. The van der Waals surface area contributed by atoms with Crippen molar-refractivity contribution in [3.8, 4) is 0 Å². The number of amides is 1. The van der Waals surface area contributed by atoms with Crippen LogP contribution in [0.15, 0.2) is 60.7 Å². The zero-order valence-electron chi connectivity index (χ0n) is 12.5. The Morgan fingerprint density at radius 2 is 1.59 bits per heavy atom. The summed E-state index contributed by atoms with van der Waals surface area (Å²) < 4.78 is 4.99. The highest BCUT2D eigenvalue weighted by Crippen LogP contribution is 2.18. The lowest BCUT2D eigenvalue weighted by molar-refractivity contribution is -0.143. The second-order valence-electron chi connectivity index (χ2n) is 4.81. The minimum atomic E-state index is -0.409. The first kappa shape index (κ1) is 15.8. The molecule has 1 amide bonds. The number of hydrogen-bond donors (Lipinski definition) is 1. The van der Waals surface area contributed by atoms with Crippen molar-refractivity contribution in [1.29, 1.82) is 0 Å². The average molecular weight is 297 g/mol. The molecule has 2 aromatic rings. The molecule has 1 unspecified atom stereocenters. The summed E-state index contributed by atoms with van der Waals surface area (Å²) in [5, 5.41) is 2.90.